The van der Waals surface area contributed by atoms with Gasteiger partial charge in [-0.15, -0.1) is 0 Å². The highest BCUT2D eigenvalue weighted by atomic mass is 19.4. The number of alkyl halides is 3. The summed E-state index contributed by atoms with van der Waals surface area (Å²) in [6.45, 7) is 5.08. The summed E-state index contributed by atoms with van der Waals surface area (Å²) in [5.74, 6) is 0.525. The number of pyridine rings is 2. The largest absolute Gasteiger partial charge is 0.417 e. The Kier molecular flexibility index (Phi) is 6.86. The smallest absolute Gasteiger partial charge is 0.368 e. The molecule has 34 heavy (non-hydrogen) atoms. The van der Waals surface area contributed by atoms with Gasteiger partial charge in [0.05, 0.1) is 11.6 Å². The summed E-state index contributed by atoms with van der Waals surface area (Å²) in [5, 5.41) is 3.14. The van der Waals surface area contributed by atoms with Crippen LogP contribution in [0.5, 0.6) is 0 Å². The molecule has 1 saturated heterocycles. The Bertz CT molecular complexity index is 1130. The number of hydrogen-bond donors (Lipinski definition) is 1. The van der Waals surface area contributed by atoms with Crippen molar-refractivity contribution < 1.29 is 18.0 Å². The van der Waals surface area contributed by atoms with E-state index in [4.69, 9.17) is 0 Å². The minimum atomic E-state index is -4.42. The van der Waals surface area contributed by atoms with Crippen LogP contribution in [0, 0.1) is 12.8 Å². The van der Waals surface area contributed by atoms with Crippen molar-refractivity contribution in [1.29, 1.82) is 0 Å². The second-order valence-corrected chi connectivity index (χ2v) is 8.79. The number of hydrogen-bond acceptors (Lipinski definition) is 4. The van der Waals surface area contributed by atoms with Gasteiger partial charge in [0.25, 0.3) is 5.91 Å². The number of nitrogens with one attached hydrogen (secondary N) is 1. The van der Waals surface area contributed by atoms with E-state index in [0.717, 1.165) is 41.8 Å². The van der Waals surface area contributed by atoms with Gasteiger partial charge in [0.2, 0.25) is 0 Å². The van der Waals surface area contributed by atoms with Crippen LogP contribution in [0.15, 0.2) is 61.1 Å². The quantitative estimate of drug-likeness (QED) is 0.512. The number of carbonyl (C=O) groups excluding carboxylic acids is 1. The SMILES string of the molecule is Cc1ccc(-c2cccnc2)c(C(=O)N2CCCC(C)C2CNc2ccc(C(F)(F)F)cn2)c1. The lowest BCUT2D eigenvalue weighted by atomic mass is 9.89. The molecule has 5 nitrogen and oxygen atoms in total. The third-order valence-corrected chi connectivity index (χ3v) is 6.34. The molecule has 0 saturated carbocycles. The molecule has 0 aliphatic carbocycles. The van der Waals surface area contributed by atoms with Gasteiger partial charge in [-0.1, -0.05) is 30.7 Å². The maximum Gasteiger partial charge on any atom is 0.417 e. The highest BCUT2D eigenvalue weighted by molar-refractivity contribution is 6.01. The molecule has 8 heteroatoms. The molecule has 2 unspecified atom stereocenters. The van der Waals surface area contributed by atoms with Crippen molar-refractivity contribution in [3.8, 4) is 11.1 Å². The van der Waals surface area contributed by atoms with Crippen molar-refractivity contribution in [2.24, 2.45) is 5.92 Å². The van der Waals surface area contributed by atoms with E-state index in [0.29, 0.717) is 24.5 Å². The van der Waals surface area contributed by atoms with Gasteiger partial charge in [-0.25, -0.2) is 4.98 Å². The number of carbonyl (C=O) groups is 1. The predicted molar refractivity (Wildman–Crippen MR) is 125 cm³/mol. The summed E-state index contributed by atoms with van der Waals surface area (Å²) < 4.78 is 38.5. The number of likely N-dealkylation sites (tertiary alicyclic amines) is 1. The van der Waals surface area contributed by atoms with Gasteiger partial charge in [-0.2, -0.15) is 13.2 Å². The Hall–Kier alpha value is -3.42. The van der Waals surface area contributed by atoms with E-state index in [2.05, 4.69) is 22.2 Å². The molecule has 2 aromatic heterocycles. The standard InChI is InChI=1S/C26H27F3N4O/c1-17-7-9-21(19-6-3-11-30-14-19)22(13-17)25(34)33-12-4-5-18(2)23(33)16-32-24-10-8-20(15-31-24)26(27,28)29/h3,6-11,13-15,18,23H,4-5,12,16H2,1-2H3,(H,31,32). The number of halogens is 3. The summed E-state index contributed by atoms with van der Waals surface area (Å²) in [5.41, 5.74) is 2.53. The summed E-state index contributed by atoms with van der Waals surface area (Å²) >= 11 is 0. The van der Waals surface area contributed by atoms with E-state index in [1.165, 1.54) is 6.07 Å². The minimum absolute atomic E-state index is 0.0544. The summed E-state index contributed by atoms with van der Waals surface area (Å²) in [4.78, 5) is 23.8. The van der Waals surface area contributed by atoms with Gasteiger partial charge in [-0.05, 0) is 55.5 Å². The van der Waals surface area contributed by atoms with Crippen LogP contribution >= 0.6 is 0 Å². The van der Waals surface area contributed by atoms with Crippen molar-refractivity contribution in [2.75, 3.05) is 18.4 Å². The Morgan fingerprint density at radius 3 is 2.68 bits per heavy atom. The van der Waals surface area contributed by atoms with Crippen LogP contribution in [-0.2, 0) is 6.18 Å². The summed E-state index contributed by atoms with van der Waals surface area (Å²) in [7, 11) is 0. The molecule has 3 heterocycles. The number of nitrogens with zero attached hydrogens (tertiary/aromatic N) is 3. The Balaban J connectivity index is 1.57. The fourth-order valence-corrected chi connectivity index (χ4v) is 4.45. The molecule has 1 aliphatic rings. The first-order valence-electron chi connectivity index (χ1n) is 11.3. The van der Waals surface area contributed by atoms with Gasteiger partial charge >= 0.3 is 6.18 Å². The van der Waals surface area contributed by atoms with E-state index in [1.807, 2.05) is 42.2 Å². The molecule has 2 atom stereocenters. The lowest BCUT2D eigenvalue weighted by molar-refractivity contribution is -0.137. The lowest BCUT2D eigenvalue weighted by Gasteiger charge is -2.40. The van der Waals surface area contributed by atoms with Crippen molar-refractivity contribution >= 4 is 11.7 Å². The maximum atomic E-state index is 13.8. The van der Waals surface area contributed by atoms with Gasteiger partial charge in [0.15, 0.2) is 0 Å². The molecule has 1 amide bonds. The number of aryl methyl sites for hydroxylation is 1. The van der Waals surface area contributed by atoms with E-state index in [9.17, 15) is 18.0 Å². The zero-order valence-electron chi connectivity index (χ0n) is 19.1. The molecule has 4 rings (SSSR count). The molecule has 1 N–H and O–H groups in total. The molecule has 1 aromatic carbocycles. The highest BCUT2D eigenvalue weighted by Crippen LogP contribution is 2.31. The number of anilines is 1. The number of rotatable bonds is 5. The fourth-order valence-electron chi connectivity index (χ4n) is 4.45. The third kappa shape index (κ3) is 5.21. The average Bonchev–Trinajstić information content (AvgIpc) is 2.83. The van der Waals surface area contributed by atoms with Gasteiger partial charge in [0.1, 0.15) is 5.82 Å². The van der Waals surface area contributed by atoms with Gasteiger partial charge < -0.3 is 10.2 Å². The topological polar surface area (TPSA) is 58.1 Å². The molecular weight excluding hydrogens is 441 g/mol. The first kappa shape index (κ1) is 23.7. The summed E-state index contributed by atoms with van der Waals surface area (Å²) in [6.07, 6.45) is 1.71. The summed E-state index contributed by atoms with van der Waals surface area (Å²) in [6, 6.07) is 11.8. The van der Waals surface area contributed by atoms with Crippen LogP contribution in [0.4, 0.5) is 19.0 Å². The number of amides is 1. The Morgan fingerprint density at radius 2 is 2.00 bits per heavy atom. The van der Waals surface area contributed by atoms with Crippen LogP contribution in [0.2, 0.25) is 0 Å². The number of benzene rings is 1. The number of aromatic nitrogens is 2. The Labute approximate surface area is 197 Å². The van der Waals surface area contributed by atoms with Crippen molar-refractivity contribution in [2.45, 2.75) is 38.9 Å². The molecule has 1 aliphatic heterocycles. The monoisotopic (exact) mass is 468 g/mol. The first-order valence-corrected chi connectivity index (χ1v) is 11.3. The third-order valence-electron chi connectivity index (χ3n) is 6.34. The molecule has 178 valence electrons. The van der Waals surface area contributed by atoms with Gasteiger partial charge in [-0.3, -0.25) is 9.78 Å². The predicted octanol–water partition coefficient (Wildman–Crippen LogP) is 5.82. The zero-order valence-corrected chi connectivity index (χ0v) is 19.1. The first-order chi connectivity index (χ1) is 16.2. The van der Waals surface area contributed by atoms with Crippen LogP contribution in [-0.4, -0.2) is 39.9 Å². The van der Waals surface area contributed by atoms with Crippen LogP contribution in [0.25, 0.3) is 11.1 Å². The molecule has 0 bridgehead atoms. The van der Waals surface area contributed by atoms with E-state index in [1.54, 1.807) is 12.4 Å². The van der Waals surface area contributed by atoms with Crippen LogP contribution in [0.1, 0.15) is 41.3 Å². The molecule has 3 aromatic rings. The lowest BCUT2D eigenvalue weighted by Crippen LogP contribution is -2.51. The fraction of sp³-hybridized carbons (Fsp3) is 0.346. The normalized spacial score (nSPS) is 18.6. The highest BCUT2D eigenvalue weighted by Gasteiger charge is 2.34. The van der Waals surface area contributed by atoms with E-state index >= 15 is 0 Å². The van der Waals surface area contributed by atoms with E-state index < -0.39 is 11.7 Å². The minimum Gasteiger partial charge on any atom is -0.368 e. The van der Waals surface area contributed by atoms with Crippen LogP contribution in [0.3, 0.4) is 0 Å². The second kappa shape index (κ2) is 9.83. The Morgan fingerprint density at radius 1 is 1.18 bits per heavy atom. The van der Waals surface area contributed by atoms with Crippen molar-refractivity contribution in [3.63, 3.8) is 0 Å². The second-order valence-electron chi connectivity index (χ2n) is 8.79. The molecule has 0 radical (unpaired) electrons. The van der Waals surface area contributed by atoms with Crippen molar-refractivity contribution in [1.82, 2.24) is 14.9 Å². The average molecular weight is 469 g/mol. The zero-order chi connectivity index (χ0) is 24.3. The molecule has 0 spiro atoms. The number of piperidine rings is 1. The maximum absolute atomic E-state index is 13.8. The van der Waals surface area contributed by atoms with Crippen molar-refractivity contribution in [3.05, 3.63) is 77.7 Å². The van der Waals surface area contributed by atoms with Gasteiger partial charge in [0, 0.05) is 42.8 Å². The van der Waals surface area contributed by atoms with E-state index in [-0.39, 0.29) is 17.9 Å². The molecular formula is C26H27F3N4O. The molecule has 1 fully saturated rings. The van der Waals surface area contributed by atoms with Crippen LogP contribution < -0.4 is 5.32 Å².